The Morgan fingerprint density at radius 2 is 1.81 bits per heavy atom. The number of hydrogen-bond acceptors (Lipinski definition) is 3. The molecule has 0 saturated heterocycles. The van der Waals surface area contributed by atoms with Crippen molar-refractivity contribution in [1.29, 1.82) is 0 Å². The lowest BCUT2D eigenvalue weighted by Crippen LogP contribution is -2.48. The second-order valence-electron chi connectivity index (χ2n) is 7.05. The van der Waals surface area contributed by atoms with Gasteiger partial charge < -0.3 is 20.9 Å². The van der Waals surface area contributed by atoms with Gasteiger partial charge in [-0.15, -0.1) is 0 Å². The number of amides is 2. The van der Waals surface area contributed by atoms with Crippen LogP contribution in [0.2, 0.25) is 0 Å². The molecule has 3 N–H and O–H groups in total. The van der Waals surface area contributed by atoms with Crippen LogP contribution in [0.1, 0.15) is 32.4 Å². The lowest BCUT2D eigenvalue weighted by atomic mass is 9.92. The van der Waals surface area contributed by atoms with Crippen LogP contribution in [0.4, 0.5) is 0 Å². The number of carbonyl (C=O) groups is 2. The van der Waals surface area contributed by atoms with Gasteiger partial charge in [0.05, 0.1) is 11.5 Å². The Bertz CT molecular complexity index is 626. The van der Waals surface area contributed by atoms with Crippen molar-refractivity contribution >= 4 is 17.8 Å². The Hall–Kier alpha value is -2.57. The predicted octanol–water partition coefficient (Wildman–Crippen LogP) is 1.14. The largest absolute Gasteiger partial charge is 0.359 e. The fourth-order valence-corrected chi connectivity index (χ4v) is 2.19. The highest BCUT2D eigenvalue weighted by Crippen LogP contribution is 2.14. The SMILES string of the molecule is CNC(=O)C(C)(C)CNC(=NCC(=O)N(C)C)NC(C)c1ccccc1. The van der Waals surface area contributed by atoms with Gasteiger partial charge in [-0.05, 0) is 26.3 Å². The van der Waals surface area contributed by atoms with Crippen LogP contribution in [0.5, 0.6) is 0 Å². The summed E-state index contributed by atoms with van der Waals surface area (Å²) in [6, 6.07) is 9.96. The molecule has 0 spiro atoms. The fourth-order valence-electron chi connectivity index (χ4n) is 2.19. The van der Waals surface area contributed by atoms with E-state index >= 15 is 0 Å². The molecule has 144 valence electrons. The monoisotopic (exact) mass is 361 g/mol. The van der Waals surface area contributed by atoms with Crippen LogP contribution in [0.25, 0.3) is 0 Å². The number of nitrogens with zero attached hydrogens (tertiary/aromatic N) is 2. The second kappa shape index (κ2) is 9.79. The van der Waals surface area contributed by atoms with E-state index in [2.05, 4.69) is 20.9 Å². The predicted molar refractivity (Wildman–Crippen MR) is 105 cm³/mol. The third-order valence-corrected chi connectivity index (χ3v) is 4.06. The summed E-state index contributed by atoms with van der Waals surface area (Å²) in [7, 11) is 5.00. The summed E-state index contributed by atoms with van der Waals surface area (Å²) in [4.78, 5) is 29.7. The minimum absolute atomic E-state index is 0.0000204. The van der Waals surface area contributed by atoms with E-state index < -0.39 is 5.41 Å². The van der Waals surface area contributed by atoms with Crippen molar-refractivity contribution < 1.29 is 9.59 Å². The van der Waals surface area contributed by atoms with Crippen LogP contribution in [-0.2, 0) is 9.59 Å². The van der Waals surface area contributed by atoms with Gasteiger partial charge in [-0.1, -0.05) is 30.3 Å². The molecule has 1 aromatic carbocycles. The molecule has 1 aromatic rings. The first-order valence-corrected chi connectivity index (χ1v) is 8.69. The van der Waals surface area contributed by atoms with Crippen molar-refractivity contribution in [3.8, 4) is 0 Å². The first kappa shape index (κ1) is 21.5. The van der Waals surface area contributed by atoms with Gasteiger partial charge >= 0.3 is 0 Å². The molecule has 1 atom stereocenters. The van der Waals surface area contributed by atoms with Gasteiger partial charge in [-0.2, -0.15) is 0 Å². The van der Waals surface area contributed by atoms with Gasteiger partial charge in [-0.25, -0.2) is 4.99 Å². The normalized spacial score (nSPS) is 12.9. The van der Waals surface area contributed by atoms with E-state index in [1.165, 1.54) is 4.90 Å². The number of hydrogen-bond donors (Lipinski definition) is 3. The Morgan fingerprint density at radius 3 is 2.35 bits per heavy atom. The number of likely N-dealkylation sites (N-methyl/N-ethyl adjacent to an activating group) is 1. The minimum Gasteiger partial charge on any atom is -0.359 e. The van der Waals surface area contributed by atoms with Gasteiger partial charge in [0.1, 0.15) is 6.54 Å². The van der Waals surface area contributed by atoms with E-state index in [0.717, 1.165) is 5.56 Å². The molecular formula is C19H31N5O2. The Balaban J connectivity index is 2.86. The molecule has 26 heavy (non-hydrogen) atoms. The maximum absolute atomic E-state index is 12.0. The third-order valence-electron chi connectivity index (χ3n) is 4.06. The third kappa shape index (κ3) is 6.74. The van der Waals surface area contributed by atoms with E-state index in [0.29, 0.717) is 12.5 Å². The van der Waals surface area contributed by atoms with E-state index in [9.17, 15) is 9.59 Å². The average molecular weight is 361 g/mol. The summed E-state index contributed by atoms with van der Waals surface area (Å²) >= 11 is 0. The number of carbonyl (C=O) groups excluding carboxylic acids is 2. The van der Waals surface area contributed by atoms with Crippen LogP contribution < -0.4 is 16.0 Å². The van der Waals surface area contributed by atoms with Crippen molar-refractivity contribution in [3.63, 3.8) is 0 Å². The molecule has 0 fully saturated rings. The molecule has 0 bridgehead atoms. The molecule has 7 heteroatoms. The lowest BCUT2D eigenvalue weighted by molar-refractivity contribution is -0.128. The van der Waals surface area contributed by atoms with Crippen molar-refractivity contribution in [1.82, 2.24) is 20.9 Å². The molecule has 0 aromatic heterocycles. The van der Waals surface area contributed by atoms with E-state index in [-0.39, 0.29) is 24.4 Å². The Labute approximate surface area is 156 Å². The summed E-state index contributed by atoms with van der Waals surface area (Å²) in [6.07, 6.45) is 0. The highest BCUT2D eigenvalue weighted by atomic mass is 16.2. The zero-order valence-electron chi connectivity index (χ0n) is 16.6. The van der Waals surface area contributed by atoms with Crippen molar-refractivity contribution in [2.75, 3.05) is 34.2 Å². The van der Waals surface area contributed by atoms with E-state index in [4.69, 9.17) is 0 Å². The number of rotatable bonds is 7. The molecule has 2 amide bonds. The molecule has 1 rings (SSSR count). The summed E-state index contributed by atoms with van der Waals surface area (Å²) in [5, 5.41) is 9.13. The van der Waals surface area contributed by atoms with Gasteiger partial charge in [0.25, 0.3) is 0 Å². The molecule has 0 radical (unpaired) electrons. The minimum atomic E-state index is -0.612. The molecule has 0 aliphatic carbocycles. The van der Waals surface area contributed by atoms with E-state index in [1.54, 1.807) is 21.1 Å². The smallest absolute Gasteiger partial charge is 0.243 e. The fraction of sp³-hybridized carbons (Fsp3) is 0.526. The highest BCUT2D eigenvalue weighted by molar-refractivity contribution is 5.86. The van der Waals surface area contributed by atoms with E-state index in [1.807, 2.05) is 51.1 Å². The molecule has 0 aliphatic heterocycles. The molecule has 7 nitrogen and oxygen atoms in total. The zero-order chi connectivity index (χ0) is 19.7. The van der Waals surface area contributed by atoms with Gasteiger partial charge in [0.15, 0.2) is 5.96 Å². The average Bonchev–Trinajstić information content (AvgIpc) is 2.63. The number of benzene rings is 1. The summed E-state index contributed by atoms with van der Waals surface area (Å²) in [6.45, 7) is 6.13. The first-order chi connectivity index (χ1) is 12.2. The van der Waals surface area contributed by atoms with Gasteiger partial charge in [0, 0.05) is 27.7 Å². The second-order valence-corrected chi connectivity index (χ2v) is 7.05. The number of nitrogens with one attached hydrogen (secondary N) is 3. The van der Waals surface area contributed by atoms with Crippen LogP contribution in [-0.4, -0.2) is 56.9 Å². The van der Waals surface area contributed by atoms with Crippen LogP contribution in [0, 0.1) is 5.41 Å². The molecule has 0 heterocycles. The van der Waals surface area contributed by atoms with Crippen molar-refractivity contribution in [3.05, 3.63) is 35.9 Å². The first-order valence-electron chi connectivity index (χ1n) is 8.69. The summed E-state index contributed by atoms with van der Waals surface area (Å²) < 4.78 is 0. The van der Waals surface area contributed by atoms with Crippen LogP contribution in [0.3, 0.4) is 0 Å². The van der Waals surface area contributed by atoms with Crippen LogP contribution >= 0.6 is 0 Å². The Morgan fingerprint density at radius 1 is 1.19 bits per heavy atom. The highest BCUT2D eigenvalue weighted by Gasteiger charge is 2.27. The molecule has 1 unspecified atom stereocenters. The molecule has 0 aliphatic rings. The maximum atomic E-state index is 12.0. The summed E-state index contributed by atoms with van der Waals surface area (Å²) in [5.74, 6) is 0.336. The molecule has 0 saturated carbocycles. The number of guanidine groups is 1. The van der Waals surface area contributed by atoms with Crippen molar-refractivity contribution in [2.24, 2.45) is 10.4 Å². The standard InChI is InChI=1S/C19H31N5O2/c1-14(15-10-8-7-9-11-15)23-18(21-12-16(25)24(5)6)22-13-19(2,3)17(26)20-4/h7-11,14H,12-13H2,1-6H3,(H,20,26)(H2,21,22,23). The lowest BCUT2D eigenvalue weighted by Gasteiger charge is -2.25. The van der Waals surface area contributed by atoms with Gasteiger partial charge in [0.2, 0.25) is 11.8 Å². The molecular weight excluding hydrogens is 330 g/mol. The quantitative estimate of drug-likeness (QED) is 0.502. The van der Waals surface area contributed by atoms with Crippen LogP contribution in [0.15, 0.2) is 35.3 Å². The Kier molecular flexibility index (Phi) is 8.09. The zero-order valence-corrected chi connectivity index (χ0v) is 16.6. The topological polar surface area (TPSA) is 85.8 Å². The number of aliphatic imine (C=N–C) groups is 1. The maximum Gasteiger partial charge on any atom is 0.243 e. The van der Waals surface area contributed by atoms with Crippen molar-refractivity contribution in [2.45, 2.75) is 26.8 Å². The summed E-state index contributed by atoms with van der Waals surface area (Å²) in [5.41, 5.74) is 0.491. The van der Waals surface area contributed by atoms with Gasteiger partial charge in [-0.3, -0.25) is 9.59 Å².